The van der Waals surface area contributed by atoms with E-state index in [2.05, 4.69) is 5.32 Å². The molecule has 0 atom stereocenters. The number of carbonyl (C=O) groups is 3. The van der Waals surface area contributed by atoms with Gasteiger partial charge in [-0.2, -0.15) is 0 Å². The number of barbiturate groups is 1. The summed E-state index contributed by atoms with van der Waals surface area (Å²) >= 11 is 7.33. The second-order valence-corrected chi connectivity index (χ2v) is 8.65. The van der Waals surface area contributed by atoms with E-state index < -0.39 is 17.8 Å². The Morgan fingerprint density at radius 1 is 0.879 bits per heavy atom. The van der Waals surface area contributed by atoms with E-state index in [-0.39, 0.29) is 5.57 Å². The Hall–Kier alpha value is -3.81. The summed E-state index contributed by atoms with van der Waals surface area (Å²) in [6.07, 6.45) is 1.33. The Labute approximate surface area is 197 Å². The molecule has 0 bridgehead atoms. The maximum Gasteiger partial charge on any atom is 0.335 e. The number of rotatable bonds is 4. The fourth-order valence-electron chi connectivity index (χ4n) is 3.48. The maximum atomic E-state index is 13.0. The molecule has 0 saturated carbocycles. The predicted octanol–water partition coefficient (Wildman–Crippen LogP) is 5.90. The first-order valence-electron chi connectivity index (χ1n) is 9.92. The van der Waals surface area contributed by atoms with Crippen molar-refractivity contribution in [2.45, 2.75) is 9.99 Å². The first-order valence-corrected chi connectivity index (χ1v) is 11.1. The normalized spacial score (nSPS) is 15.4. The molecule has 1 aliphatic heterocycles. The number of urea groups is 1. The van der Waals surface area contributed by atoms with Crippen LogP contribution in [0.4, 0.5) is 10.5 Å². The third kappa shape index (κ3) is 4.16. The zero-order valence-corrected chi connectivity index (χ0v) is 18.5. The molecule has 8 heteroatoms. The molecule has 4 aromatic rings. The summed E-state index contributed by atoms with van der Waals surface area (Å²) in [6, 6.07) is 22.8. The van der Waals surface area contributed by atoms with Crippen LogP contribution in [-0.4, -0.2) is 17.8 Å². The van der Waals surface area contributed by atoms with E-state index in [9.17, 15) is 14.4 Å². The monoisotopic (exact) mass is 474 g/mol. The lowest BCUT2D eigenvalue weighted by Crippen LogP contribution is -2.54. The van der Waals surface area contributed by atoms with Gasteiger partial charge < -0.3 is 4.42 Å². The maximum absolute atomic E-state index is 13.0. The van der Waals surface area contributed by atoms with Crippen molar-refractivity contribution >= 4 is 63.7 Å². The number of imide groups is 2. The zero-order valence-electron chi connectivity index (χ0n) is 16.9. The summed E-state index contributed by atoms with van der Waals surface area (Å²) in [6.45, 7) is 0. The molecule has 3 aromatic carbocycles. The molecule has 33 heavy (non-hydrogen) atoms. The summed E-state index contributed by atoms with van der Waals surface area (Å²) in [5.74, 6) is -1.21. The van der Waals surface area contributed by atoms with Gasteiger partial charge in [0.05, 0.1) is 5.69 Å². The number of fused-ring (bicyclic) bond motifs is 1. The highest BCUT2D eigenvalue weighted by atomic mass is 35.5. The van der Waals surface area contributed by atoms with Gasteiger partial charge in [-0.1, -0.05) is 59.8 Å². The van der Waals surface area contributed by atoms with Gasteiger partial charge in [-0.3, -0.25) is 14.9 Å². The number of benzene rings is 3. The molecule has 1 fully saturated rings. The summed E-state index contributed by atoms with van der Waals surface area (Å²) in [7, 11) is 0. The second kappa shape index (κ2) is 8.61. The van der Waals surface area contributed by atoms with Crippen molar-refractivity contribution in [2.24, 2.45) is 0 Å². The number of furan rings is 1. The lowest BCUT2D eigenvalue weighted by molar-refractivity contribution is -0.122. The van der Waals surface area contributed by atoms with Crippen LogP contribution in [0.2, 0.25) is 5.02 Å². The number of halogens is 1. The van der Waals surface area contributed by atoms with E-state index in [1.165, 1.54) is 30.0 Å². The van der Waals surface area contributed by atoms with Crippen molar-refractivity contribution in [1.29, 1.82) is 0 Å². The Bertz CT molecular complexity index is 1440. The largest absolute Gasteiger partial charge is 0.450 e. The van der Waals surface area contributed by atoms with Crippen LogP contribution < -0.4 is 10.2 Å². The molecule has 1 aliphatic rings. The summed E-state index contributed by atoms with van der Waals surface area (Å²) in [5.41, 5.74) is 0.0903. The Morgan fingerprint density at radius 2 is 1.64 bits per heavy atom. The van der Waals surface area contributed by atoms with Gasteiger partial charge in [0.1, 0.15) is 11.3 Å². The molecule has 1 saturated heterocycles. The molecule has 1 aromatic heterocycles. The number of nitrogens with one attached hydrogen (secondary N) is 1. The fraction of sp³-hybridized carbons (Fsp3) is 0. The van der Waals surface area contributed by atoms with Gasteiger partial charge in [0.25, 0.3) is 11.8 Å². The molecule has 162 valence electrons. The molecule has 0 unspecified atom stereocenters. The SMILES string of the molecule is O=C1NC(=O)N(c2ccc(Cl)cc2)C(=O)/C1=C\c1ccc(Sc2cccc3ccccc23)o1. The van der Waals surface area contributed by atoms with E-state index in [4.69, 9.17) is 16.0 Å². The van der Waals surface area contributed by atoms with Crippen molar-refractivity contribution in [3.63, 3.8) is 0 Å². The minimum absolute atomic E-state index is 0.208. The standard InChI is InChI=1S/C25H15ClN2O4S/c26-16-8-10-17(11-9-16)28-24(30)20(23(29)27-25(28)31)14-18-12-13-22(32-18)33-21-7-3-5-15-4-1-2-6-19(15)21/h1-14H,(H,27,29,31)/b20-14-. The second-order valence-electron chi connectivity index (χ2n) is 7.17. The Balaban J connectivity index is 1.43. The molecular weight excluding hydrogens is 460 g/mol. The van der Waals surface area contributed by atoms with Crippen LogP contribution in [0.3, 0.4) is 0 Å². The van der Waals surface area contributed by atoms with Crippen molar-refractivity contribution < 1.29 is 18.8 Å². The van der Waals surface area contributed by atoms with Crippen LogP contribution in [0.1, 0.15) is 5.76 Å². The first kappa shape index (κ1) is 21.1. The number of anilines is 1. The van der Waals surface area contributed by atoms with Gasteiger partial charge in [0.15, 0.2) is 5.09 Å². The van der Waals surface area contributed by atoms with Crippen LogP contribution in [-0.2, 0) is 9.59 Å². The number of carbonyl (C=O) groups excluding carboxylic acids is 3. The summed E-state index contributed by atoms with van der Waals surface area (Å²) < 4.78 is 5.85. The fourth-order valence-corrected chi connectivity index (χ4v) is 4.54. The predicted molar refractivity (Wildman–Crippen MR) is 127 cm³/mol. The molecule has 5 rings (SSSR count). The third-order valence-corrected chi connectivity index (χ3v) is 6.28. The molecule has 0 radical (unpaired) electrons. The van der Waals surface area contributed by atoms with Gasteiger partial charge in [-0.15, -0.1) is 0 Å². The lowest BCUT2D eigenvalue weighted by atomic mass is 10.1. The first-order chi connectivity index (χ1) is 16.0. The van der Waals surface area contributed by atoms with Crippen LogP contribution in [0.15, 0.2) is 98.8 Å². The van der Waals surface area contributed by atoms with E-state index >= 15 is 0 Å². The number of amides is 4. The smallest absolute Gasteiger partial charge is 0.335 e. The highest BCUT2D eigenvalue weighted by molar-refractivity contribution is 7.99. The van der Waals surface area contributed by atoms with Crippen molar-refractivity contribution in [2.75, 3.05) is 4.90 Å². The van der Waals surface area contributed by atoms with Gasteiger partial charge in [0, 0.05) is 9.92 Å². The van der Waals surface area contributed by atoms with Gasteiger partial charge in [-0.25, -0.2) is 9.69 Å². The average molecular weight is 475 g/mol. The number of hydrogen-bond donors (Lipinski definition) is 1. The minimum Gasteiger partial charge on any atom is -0.450 e. The molecule has 4 amide bonds. The van der Waals surface area contributed by atoms with Crippen LogP contribution in [0, 0.1) is 0 Å². The summed E-state index contributed by atoms with van der Waals surface area (Å²) in [5, 5.41) is 5.47. The Kier molecular flexibility index (Phi) is 5.50. The third-order valence-electron chi connectivity index (χ3n) is 5.04. The van der Waals surface area contributed by atoms with Gasteiger partial charge in [-0.05, 0) is 59.3 Å². The lowest BCUT2D eigenvalue weighted by Gasteiger charge is -2.26. The number of nitrogens with zero attached hydrogens (tertiary/aromatic N) is 1. The topological polar surface area (TPSA) is 79.6 Å². The van der Waals surface area contributed by atoms with Crippen molar-refractivity contribution in [3.8, 4) is 0 Å². The molecule has 0 spiro atoms. The molecule has 6 nitrogen and oxygen atoms in total. The highest BCUT2D eigenvalue weighted by Crippen LogP contribution is 2.35. The van der Waals surface area contributed by atoms with E-state index in [1.807, 2.05) is 42.5 Å². The van der Waals surface area contributed by atoms with Crippen LogP contribution in [0.25, 0.3) is 16.8 Å². The summed E-state index contributed by atoms with van der Waals surface area (Å²) in [4.78, 5) is 39.6. The minimum atomic E-state index is -0.823. The van der Waals surface area contributed by atoms with Crippen molar-refractivity contribution in [3.05, 3.63) is 95.2 Å². The van der Waals surface area contributed by atoms with Crippen molar-refractivity contribution in [1.82, 2.24) is 5.32 Å². The van der Waals surface area contributed by atoms with Gasteiger partial charge >= 0.3 is 6.03 Å². The molecule has 0 aliphatic carbocycles. The molecule has 2 heterocycles. The highest BCUT2D eigenvalue weighted by Gasteiger charge is 2.37. The van der Waals surface area contributed by atoms with Gasteiger partial charge in [0.2, 0.25) is 0 Å². The molecule has 1 N–H and O–H groups in total. The van der Waals surface area contributed by atoms with E-state index in [0.717, 1.165) is 20.6 Å². The number of hydrogen-bond acceptors (Lipinski definition) is 5. The zero-order chi connectivity index (χ0) is 22.9. The van der Waals surface area contributed by atoms with Crippen LogP contribution in [0.5, 0.6) is 0 Å². The molecular formula is C25H15ClN2O4S. The van der Waals surface area contributed by atoms with E-state index in [1.54, 1.807) is 24.3 Å². The van der Waals surface area contributed by atoms with E-state index in [0.29, 0.717) is 21.6 Å². The quantitative estimate of drug-likeness (QED) is 0.294. The van der Waals surface area contributed by atoms with Crippen LogP contribution >= 0.6 is 23.4 Å². The Morgan fingerprint density at radius 3 is 2.45 bits per heavy atom. The average Bonchev–Trinajstić information content (AvgIpc) is 3.25.